The van der Waals surface area contributed by atoms with Gasteiger partial charge in [-0.25, -0.2) is 4.98 Å². The first-order valence-corrected chi connectivity index (χ1v) is 7.99. The highest BCUT2D eigenvalue weighted by molar-refractivity contribution is 5.79. The van der Waals surface area contributed by atoms with Crippen molar-refractivity contribution >= 4 is 16.9 Å². The lowest BCUT2D eigenvalue weighted by Crippen LogP contribution is -2.33. The monoisotopic (exact) mass is 321 g/mol. The minimum Gasteiger partial charge on any atom is -0.355 e. The summed E-state index contributed by atoms with van der Waals surface area (Å²) in [6.45, 7) is 0.596. The van der Waals surface area contributed by atoms with Crippen molar-refractivity contribution < 1.29 is 4.79 Å². The second kappa shape index (κ2) is 7.55. The maximum Gasteiger partial charge on any atom is 0.269 e. The predicted molar refractivity (Wildman–Crippen MR) is 93.8 cm³/mol. The molecule has 0 fully saturated rings. The van der Waals surface area contributed by atoms with Crippen LogP contribution in [-0.2, 0) is 17.8 Å². The fraction of sp³-hybridized carbons (Fsp3) is 0.211. The van der Waals surface area contributed by atoms with Gasteiger partial charge in [0.05, 0.1) is 17.2 Å². The summed E-state index contributed by atoms with van der Waals surface area (Å²) in [5.74, 6) is -0.165. The molecule has 0 spiro atoms. The molecule has 5 nitrogen and oxygen atoms in total. The number of carbonyl (C=O) groups excluding carboxylic acids is 1. The molecule has 3 aromatic rings. The van der Waals surface area contributed by atoms with Crippen molar-refractivity contribution in [3.05, 3.63) is 76.7 Å². The molecule has 0 saturated carbocycles. The highest BCUT2D eigenvalue weighted by Gasteiger charge is 2.08. The zero-order chi connectivity index (χ0) is 16.8. The largest absolute Gasteiger partial charge is 0.355 e. The Morgan fingerprint density at radius 3 is 2.62 bits per heavy atom. The first kappa shape index (κ1) is 15.9. The van der Waals surface area contributed by atoms with Crippen LogP contribution in [0.1, 0.15) is 12.0 Å². The molecule has 2 aromatic carbocycles. The maximum absolute atomic E-state index is 12.1. The number of aryl methyl sites for hydroxylation is 1. The second-order valence-corrected chi connectivity index (χ2v) is 5.61. The molecule has 122 valence electrons. The molecule has 1 N–H and O–H groups in total. The van der Waals surface area contributed by atoms with Crippen molar-refractivity contribution in [2.45, 2.75) is 19.4 Å². The zero-order valence-corrected chi connectivity index (χ0v) is 13.3. The fourth-order valence-corrected chi connectivity index (χ4v) is 2.64. The predicted octanol–water partition coefficient (Wildman–Crippen LogP) is 2.15. The Morgan fingerprint density at radius 1 is 1.04 bits per heavy atom. The van der Waals surface area contributed by atoms with Gasteiger partial charge in [0.2, 0.25) is 5.91 Å². The highest BCUT2D eigenvalue weighted by Crippen LogP contribution is 2.08. The van der Waals surface area contributed by atoms with Crippen molar-refractivity contribution in [3.63, 3.8) is 0 Å². The Morgan fingerprint density at radius 2 is 1.79 bits per heavy atom. The van der Waals surface area contributed by atoms with Gasteiger partial charge < -0.3 is 5.32 Å². The Balaban J connectivity index is 1.57. The summed E-state index contributed by atoms with van der Waals surface area (Å²) in [6.07, 6.45) is 3.03. The average molecular weight is 321 g/mol. The highest BCUT2D eigenvalue weighted by atomic mass is 16.2. The number of hydrogen-bond acceptors (Lipinski definition) is 3. The van der Waals surface area contributed by atoms with E-state index in [1.807, 2.05) is 36.4 Å². The van der Waals surface area contributed by atoms with Crippen LogP contribution in [0.5, 0.6) is 0 Å². The molecular formula is C19H19N3O2. The van der Waals surface area contributed by atoms with Crippen molar-refractivity contribution in [2.24, 2.45) is 0 Å². The minimum atomic E-state index is -0.270. The van der Waals surface area contributed by atoms with Crippen LogP contribution in [0.4, 0.5) is 0 Å². The molecule has 0 unspecified atom stereocenters. The summed E-state index contributed by atoms with van der Waals surface area (Å²) in [5.41, 5.74) is 2.36. The molecule has 1 heterocycles. The first-order chi connectivity index (χ1) is 11.7. The number of nitrogens with one attached hydrogen (secondary N) is 1. The molecule has 0 aliphatic heterocycles. The summed E-state index contributed by atoms with van der Waals surface area (Å²) in [4.78, 5) is 28.2. The Labute approximate surface area is 140 Å². The van der Waals surface area contributed by atoms with Gasteiger partial charge in [0.1, 0.15) is 6.54 Å². The van der Waals surface area contributed by atoms with Crippen molar-refractivity contribution in [1.29, 1.82) is 0 Å². The van der Waals surface area contributed by atoms with E-state index in [0.717, 1.165) is 12.8 Å². The third-order valence-corrected chi connectivity index (χ3v) is 3.86. The summed E-state index contributed by atoms with van der Waals surface area (Å²) in [7, 11) is 0. The van der Waals surface area contributed by atoms with E-state index in [2.05, 4.69) is 22.4 Å². The van der Waals surface area contributed by atoms with Gasteiger partial charge in [-0.3, -0.25) is 14.2 Å². The summed E-state index contributed by atoms with van der Waals surface area (Å²) >= 11 is 0. The SMILES string of the molecule is O=C(Cn1c(=O)cnc2ccccc21)NCCCc1ccccc1. The van der Waals surface area contributed by atoms with E-state index >= 15 is 0 Å². The van der Waals surface area contributed by atoms with E-state index < -0.39 is 0 Å². The standard InChI is InChI=1S/C19H19N3O2/c23-18(20-12-6-9-15-7-2-1-3-8-15)14-22-17-11-5-4-10-16(17)21-13-19(22)24/h1-5,7-8,10-11,13H,6,9,12,14H2,(H,20,23). The van der Waals surface area contributed by atoms with Gasteiger partial charge in [0, 0.05) is 6.54 Å². The molecule has 5 heteroatoms. The van der Waals surface area contributed by atoms with Crippen LogP contribution in [0, 0.1) is 0 Å². The molecule has 0 atom stereocenters. The van der Waals surface area contributed by atoms with E-state index in [1.54, 1.807) is 6.07 Å². The second-order valence-electron chi connectivity index (χ2n) is 5.61. The quantitative estimate of drug-likeness (QED) is 0.708. The Hall–Kier alpha value is -2.95. The van der Waals surface area contributed by atoms with Gasteiger partial charge >= 0.3 is 0 Å². The van der Waals surface area contributed by atoms with Crippen molar-refractivity contribution in [3.8, 4) is 0 Å². The molecule has 24 heavy (non-hydrogen) atoms. The molecule has 0 aliphatic carbocycles. The molecule has 0 bridgehead atoms. The van der Waals surface area contributed by atoms with Crippen LogP contribution < -0.4 is 10.9 Å². The van der Waals surface area contributed by atoms with Gasteiger partial charge in [-0.05, 0) is 30.5 Å². The van der Waals surface area contributed by atoms with Crippen LogP contribution in [0.25, 0.3) is 11.0 Å². The molecular weight excluding hydrogens is 302 g/mol. The van der Waals surface area contributed by atoms with Gasteiger partial charge in [-0.2, -0.15) is 0 Å². The summed E-state index contributed by atoms with van der Waals surface area (Å²) < 4.78 is 1.45. The number of fused-ring (bicyclic) bond motifs is 1. The van der Waals surface area contributed by atoms with Crippen LogP contribution in [-0.4, -0.2) is 22.0 Å². The number of nitrogens with zero attached hydrogens (tertiary/aromatic N) is 2. The average Bonchev–Trinajstić information content (AvgIpc) is 2.62. The number of amides is 1. The topological polar surface area (TPSA) is 64.0 Å². The number of benzene rings is 2. The molecule has 1 amide bonds. The van der Waals surface area contributed by atoms with Crippen LogP contribution in [0.15, 0.2) is 65.6 Å². The molecule has 0 radical (unpaired) electrons. The lowest BCUT2D eigenvalue weighted by molar-refractivity contribution is -0.121. The van der Waals surface area contributed by atoms with E-state index in [1.165, 1.54) is 16.3 Å². The van der Waals surface area contributed by atoms with Crippen LogP contribution in [0.3, 0.4) is 0 Å². The van der Waals surface area contributed by atoms with Crippen LogP contribution >= 0.6 is 0 Å². The molecule has 1 aromatic heterocycles. The normalized spacial score (nSPS) is 10.7. The van der Waals surface area contributed by atoms with E-state index in [-0.39, 0.29) is 18.0 Å². The maximum atomic E-state index is 12.1. The van der Waals surface area contributed by atoms with E-state index in [9.17, 15) is 9.59 Å². The van der Waals surface area contributed by atoms with Gasteiger partial charge in [0.15, 0.2) is 0 Å². The molecule has 0 saturated heterocycles. The van der Waals surface area contributed by atoms with Gasteiger partial charge in [-0.15, -0.1) is 0 Å². The van der Waals surface area contributed by atoms with Crippen molar-refractivity contribution in [1.82, 2.24) is 14.9 Å². The van der Waals surface area contributed by atoms with Crippen molar-refractivity contribution in [2.75, 3.05) is 6.54 Å². The molecule has 0 aliphatic rings. The number of carbonyl (C=O) groups is 1. The molecule has 3 rings (SSSR count). The fourth-order valence-electron chi connectivity index (χ4n) is 2.64. The Kier molecular flexibility index (Phi) is 5.01. The van der Waals surface area contributed by atoms with Crippen LogP contribution in [0.2, 0.25) is 0 Å². The summed E-state index contributed by atoms with van der Waals surface area (Å²) in [6, 6.07) is 17.5. The number of aromatic nitrogens is 2. The number of hydrogen-bond donors (Lipinski definition) is 1. The Bertz CT molecular complexity index is 888. The first-order valence-electron chi connectivity index (χ1n) is 7.99. The zero-order valence-electron chi connectivity index (χ0n) is 13.3. The third kappa shape index (κ3) is 3.87. The van der Waals surface area contributed by atoms with E-state index in [4.69, 9.17) is 0 Å². The third-order valence-electron chi connectivity index (χ3n) is 3.86. The minimum absolute atomic E-state index is 0.00715. The van der Waals surface area contributed by atoms with Gasteiger partial charge in [-0.1, -0.05) is 42.5 Å². The smallest absolute Gasteiger partial charge is 0.269 e. The van der Waals surface area contributed by atoms with E-state index in [0.29, 0.717) is 17.6 Å². The number of para-hydroxylation sites is 2. The lowest BCUT2D eigenvalue weighted by atomic mass is 10.1. The van der Waals surface area contributed by atoms with Gasteiger partial charge in [0.25, 0.3) is 5.56 Å². The number of rotatable bonds is 6. The summed E-state index contributed by atoms with van der Waals surface area (Å²) in [5, 5.41) is 2.87. The lowest BCUT2D eigenvalue weighted by Gasteiger charge is -2.10.